The molecule has 0 atom stereocenters. The zero-order valence-electron chi connectivity index (χ0n) is 5.61. The summed E-state index contributed by atoms with van der Waals surface area (Å²) in [6.45, 7) is 0. The molecule has 38 valence electrons. The van der Waals surface area contributed by atoms with E-state index in [1.54, 1.807) is 0 Å². The van der Waals surface area contributed by atoms with E-state index in [1.807, 2.05) is 0 Å². The van der Waals surface area contributed by atoms with Gasteiger partial charge in [-0.1, -0.05) is 0 Å². The summed E-state index contributed by atoms with van der Waals surface area (Å²) in [5.74, 6) is 0. The van der Waals surface area contributed by atoms with Gasteiger partial charge in [0.1, 0.15) is 0 Å². The van der Waals surface area contributed by atoms with Crippen molar-refractivity contribution in [2.45, 2.75) is 0 Å². The van der Waals surface area contributed by atoms with Gasteiger partial charge in [0.15, 0.2) is 0 Å². The van der Waals surface area contributed by atoms with Gasteiger partial charge in [0.25, 0.3) is 0 Å². The zero-order chi connectivity index (χ0) is 4.50. The van der Waals surface area contributed by atoms with E-state index in [-0.39, 0.29) is 67.9 Å². The summed E-state index contributed by atoms with van der Waals surface area (Å²) in [5.41, 5.74) is 0. The van der Waals surface area contributed by atoms with Crippen LogP contribution in [0.4, 0.5) is 0 Å². The van der Waals surface area contributed by atoms with Crippen LogP contribution in [-0.2, 0) is 31.9 Å². The minimum atomic E-state index is -4.64. The first-order valence-corrected chi connectivity index (χ1v) is 2.35. The fraction of sp³-hybridized carbons (Fsp3) is 0. The maximum atomic E-state index is 8.88. The third-order valence-corrected chi connectivity index (χ3v) is 0. The van der Waals surface area contributed by atoms with Crippen molar-refractivity contribution in [1.29, 1.82) is 0 Å². The first-order valence-electron chi connectivity index (χ1n) is 0.783. The molecule has 0 radical (unpaired) electrons. The molecular formula is H5CaCdO4P. The largest absolute Gasteiger partial charge is 2.00 e. The molecule has 3 N–H and O–H groups in total. The fourth-order valence-corrected chi connectivity index (χ4v) is 0. The second-order valence-electron chi connectivity index (χ2n) is 0.513. The van der Waals surface area contributed by atoms with Crippen LogP contribution in [-0.4, -0.2) is 52.4 Å². The standard InChI is InChI=1S/Ca.Cd.H3O4P.2H/c;;1-5(2,3)4;;/h;;(H3,1,2,3,4);;/q+2;;;2*-1. The van der Waals surface area contributed by atoms with E-state index in [9.17, 15) is 0 Å². The van der Waals surface area contributed by atoms with E-state index < -0.39 is 7.82 Å². The third kappa shape index (κ3) is 62.5. The van der Waals surface area contributed by atoms with Crippen molar-refractivity contribution in [2.24, 2.45) is 0 Å². The summed E-state index contributed by atoms with van der Waals surface area (Å²) in [6.07, 6.45) is 0. The molecule has 0 aromatic carbocycles. The SMILES string of the molecule is O=P(O)(O)O.[Ca+2].[Cd].[H-].[H-]. The molecule has 0 aromatic heterocycles. The Balaban J connectivity index is -0.0000000133. The molecule has 0 fully saturated rings. The Labute approximate surface area is 93.7 Å². The Morgan fingerprint density at radius 2 is 1.29 bits per heavy atom. The van der Waals surface area contributed by atoms with E-state index in [2.05, 4.69) is 0 Å². The predicted molar refractivity (Wildman–Crippen MR) is 22.2 cm³/mol. The van der Waals surface area contributed by atoms with Crippen molar-refractivity contribution in [2.75, 3.05) is 0 Å². The summed E-state index contributed by atoms with van der Waals surface area (Å²) >= 11 is 0. The molecular weight excluding hydrogens is 247 g/mol. The second-order valence-corrected chi connectivity index (χ2v) is 1.54. The number of phosphoric acid groups is 1. The normalized spacial score (nSPS) is 8.43. The van der Waals surface area contributed by atoms with Crippen LogP contribution in [0.3, 0.4) is 0 Å². The smallest absolute Gasteiger partial charge is 1.00 e. The summed E-state index contributed by atoms with van der Waals surface area (Å²) in [5, 5.41) is 0. The van der Waals surface area contributed by atoms with Crippen LogP contribution >= 0.6 is 7.82 Å². The van der Waals surface area contributed by atoms with E-state index in [4.69, 9.17) is 19.2 Å². The van der Waals surface area contributed by atoms with Gasteiger partial charge in [-0.2, -0.15) is 0 Å². The van der Waals surface area contributed by atoms with Crippen molar-refractivity contribution in [1.82, 2.24) is 0 Å². The fourth-order valence-electron chi connectivity index (χ4n) is 0. The van der Waals surface area contributed by atoms with Crippen LogP contribution in [0.25, 0.3) is 0 Å². The molecule has 7 heavy (non-hydrogen) atoms. The van der Waals surface area contributed by atoms with Crippen LogP contribution < -0.4 is 0 Å². The Kier molecular flexibility index (Phi) is 14.8. The number of rotatable bonds is 0. The minimum absolute atomic E-state index is 0. The van der Waals surface area contributed by atoms with Gasteiger partial charge in [-0.05, 0) is 0 Å². The van der Waals surface area contributed by atoms with Gasteiger partial charge in [0, 0.05) is 27.3 Å². The van der Waals surface area contributed by atoms with E-state index in [0.29, 0.717) is 0 Å². The third-order valence-electron chi connectivity index (χ3n) is 0. The Morgan fingerprint density at radius 3 is 1.29 bits per heavy atom. The molecule has 0 spiro atoms. The van der Waals surface area contributed by atoms with Gasteiger partial charge in [-0.15, -0.1) is 0 Å². The Morgan fingerprint density at radius 1 is 1.29 bits per heavy atom. The van der Waals surface area contributed by atoms with Crippen molar-refractivity contribution in [3.05, 3.63) is 0 Å². The van der Waals surface area contributed by atoms with Crippen LogP contribution in [0.1, 0.15) is 2.85 Å². The van der Waals surface area contributed by atoms with Crippen molar-refractivity contribution in [3.8, 4) is 0 Å². The zero-order valence-corrected chi connectivity index (χ0v) is 10.8. The first kappa shape index (κ1) is 16.1. The summed E-state index contributed by atoms with van der Waals surface area (Å²) in [7, 11) is -4.64. The summed E-state index contributed by atoms with van der Waals surface area (Å²) < 4.78 is 8.88. The molecule has 0 unspecified atom stereocenters. The second kappa shape index (κ2) is 6.41. The first-order chi connectivity index (χ1) is 2.00. The van der Waals surface area contributed by atoms with Gasteiger partial charge in [-0.3, -0.25) is 0 Å². The molecule has 0 rings (SSSR count). The van der Waals surface area contributed by atoms with Gasteiger partial charge >= 0.3 is 45.6 Å². The average Bonchev–Trinajstić information content (AvgIpc) is 0.722. The maximum absolute atomic E-state index is 8.88. The van der Waals surface area contributed by atoms with Gasteiger partial charge in [0.2, 0.25) is 0 Å². The number of hydrogen-bond acceptors (Lipinski definition) is 1. The topological polar surface area (TPSA) is 77.8 Å². The van der Waals surface area contributed by atoms with E-state index in [0.717, 1.165) is 0 Å². The van der Waals surface area contributed by atoms with Crippen molar-refractivity contribution in [3.63, 3.8) is 0 Å². The monoisotopic (exact) mass is 254 g/mol. The van der Waals surface area contributed by atoms with Gasteiger partial charge in [-0.25, -0.2) is 4.57 Å². The Bertz CT molecular complexity index is 64.7. The quantitative estimate of drug-likeness (QED) is 0.378. The number of hydrogen-bond donors (Lipinski definition) is 3. The summed E-state index contributed by atoms with van der Waals surface area (Å²) in [6, 6.07) is 0. The van der Waals surface area contributed by atoms with Crippen molar-refractivity contribution < 1.29 is 49.4 Å². The average molecular weight is 253 g/mol. The molecule has 0 bridgehead atoms. The van der Waals surface area contributed by atoms with Crippen LogP contribution in [0.2, 0.25) is 0 Å². The molecule has 0 amide bonds. The molecule has 0 heterocycles. The molecule has 0 aromatic rings. The molecule has 0 aliphatic rings. The predicted octanol–water partition coefficient (Wildman–Crippen LogP) is -1.09. The maximum Gasteiger partial charge on any atom is 2.00 e. The Hall–Kier alpha value is 2.29. The van der Waals surface area contributed by atoms with Crippen LogP contribution in [0.5, 0.6) is 0 Å². The van der Waals surface area contributed by atoms with Crippen molar-refractivity contribution >= 4 is 45.6 Å². The van der Waals surface area contributed by atoms with Gasteiger partial charge < -0.3 is 17.5 Å². The minimum Gasteiger partial charge on any atom is -1.00 e. The summed E-state index contributed by atoms with van der Waals surface area (Å²) in [4.78, 5) is 21.6. The van der Waals surface area contributed by atoms with Crippen LogP contribution in [0.15, 0.2) is 0 Å². The van der Waals surface area contributed by atoms with E-state index >= 15 is 0 Å². The molecule has 0 aliphatic heterocycles. The molecule has 7 heteroatoms. The van der Waals surface area contributed by atoms with Crippen LogP contribution in [0, 0.1) is 0 Å². The van der Waals surface area contributed by atoms with Gasteiger partial charge in [0.05, 0.1) is 0 Å². The molecule has 0 saturated carbocycles. The van der Waals surface area contributed by atoms with E-state index in [1.165, 1.54) is 0 Å². The molecule has 0 saturated heterocycles. The molecule has 0 aliphatic carbocycles. The molecule has 4 nitrogen and oxygen atoms in total.